The number of aromatic nitrogens is 2. The minimum Gasteiger partial charge on any atom is -0.450 e. The lowest BCUT2D eigenvalue weighted by molar-refractivity contribution is 0.0942. The Morgan fingerprint density at radius 1 is 1.36 bits per heavy atom. The molecular weight excluding hydrogens is 320 g/mol. The summed E-state index contributed by atoms with van der Waals surface area (Å²) >= 11 is 0. The van der Waals surface area contributed by atoms with Crippen LogP contribution in [0.25, 0.3) is 11.5 Å². The lowest BCUT2D eigenvalue weighted by Crippen LogP contribution is -2.45. The van der Waals surface area contributed by atoms with Crippen LogP contribution in [0.4, 0.5) is 4.79 Å². The van der Waals surface area contributed by atoms with Gasteiger partial charge in [-0.1, -0.05) is 23.4 Å². The number of nitrogens with zero attached hydrogens (tertiary/aromatic N) is 3. The summed E-state index contributed by atoms with van der Waals surface area (Å²) in [5, 5.41) is 7.62. The van der Waals surface area contributed by atoms with E-state index >= 15 is 0 Å². The molecule has 1 fully saturated rings. The number of nitrogens with one attached hydrogen (secondary N) is 1. The fourth-order valence-electron chi connectivity index (χ4n) is 2.98. The zero-order chi connectivity index (χ0) is 17.6. The summed E-state index contributed by atoms with van der Waals surface area (Å²) in [5.41, 5.74) is 0.913. The molecule has 134 valence electrons. The maximum Gasteiger partial charge on any atom is 0.409 e. The SMILES string of the molecule is CCOC(=O)N1CCC(NC(C)c2noc(-c3ccccc3)n2)CC1. The van der Waals surface area contributed by atoms with Gasteiger partial charge in [0.2, 0.25) is 0 Å². The molecule has 2 heterocycles. The van der Waals surface area contributed by atoms with E-state index in [4.69, 9.17) is 9.26 Å². The van der Waals surface area contributed by atoms with Gasteiger partial charge in [0.05, 0.1) is 12.6 Å². The molecule has 0 spiro atoms. The summed E-state index contributed by atoms with van der Waals surface area (Å²) in [6, 6.07) is 10.0. The van der Waals surface area contributed by atoms with E-state index in [9.17, 15) is 4.79 Å². The maximum atomic E-state index is 11.7. The van der Waals surface area contributed by atoms with Crippen molar-refractivity contribution in [2.24, 2.45) is 0 Å². The minimum absolute atomic E-state index is 0.0136. The topological polar surface area (TPSA) is 80.5 Å². The van der Waals surface area contributed by atoms with Crippen molar-refractivity contribution < 1.29 is 14.1 Å². The van der Waals surface area contributed by atoms with E-state index in [1.165, 1.54) is 0 Å². The maximum absolute atomic E-state index is 11.7. The number of rotatable bonds is 5. The predicted molar refractivity (Wildman–Crippen MR) is 92.9 cm³/mol. The number of ether oxygens (including phenoxy) is 1. The van der Waals surface area contributed by atoms with Crippen molar-refractivity contribution in [1.82, 2.24) is 20.4 Å². The van der Waals surface area contributed by atoms with Gasteiger partial charge in [-0.05, 0) is 38.8 Å². The molecule has 0 aliphatic carbocycles. The number of benzene rings is 1. The first-order valence-electron chi connectivity index (χ1n) is 8.74. The van der Waals surface area contributed by atoms with Crippen LogP contribution < -0.4 is 5.32 Å². The highest BCUT2D eigenvalue weighted by atomic mass is 16.6. The molecular formula is C18H24N4O3. The first-order valence-corrected chi connectivity index (χ1v) is 8.74. The third-order valence-electron chi connectivity index (χ3n) is 4.36. The van der Waals surface area contributed by atoms with Crippen LogP contribution in [0, 0.1) is 0 Å². The number of hydrogen-bond acceptors (Lipinski definition) is 6. The number of piperidine rings is 1. The van der Waals surface area contributed by atoms with Gasteiger partial charge in [0.1, 0.15) is 0 Å². The van der Waals surface area contributed by atoms with Crippen molar-refractivity contribution in [3.05, 3.63) is 36.2 Å². The standard InChI is InChI=1S/C18H24N4O3/c1-3-24-18(23)22-11-9-15(10-12-22)19-13(2)16-20-17(25-21-16)14-7-5-4-6-8-14/h4-8,13,15,19H,3,9-12H2,1-2H3. The van der Waals surface area contributed by atoms with Gasteiger partial charge in [-0.25, -0.2) is 4.79 Å². The molecule has 1 N–H and O–H groups in total. The van der Waals surface area contributed by atoms with Crippen LogP contribution in [0.15, 0.2) is 34.9 Å². The van der Waals surface area contributed by atoms with Gasteiger partial charge in [0.25, 0.3) is 5.89 Å². The molecule has 1 aromatic carbocycles. The summed E-state index contributed by atoms with van der Waals surface area (Å²) in [4.78, 5) is 18.0. The molecule has 1 aliphatic rings. The monoisotopic (exact) mass is 344 g/mol. The Morgan fingerprint density at radius 3 is 2.76 bits per heavy atom. The molecule has 1 aromatic heterocycles. The lowest BCUT2D eigenvalue weighted by atomic mass is 10.0. The van der Waals surface area contributed by atoms with Gasteiger partial charge in [-0.2, -0.15) is 4.98 Å². The molecule has 1 saturated heterocycles. The molecule has 3 rings (SSSR count). The largest absolute Gasteiger partial charge is 0.450 e. The van der Waals surface area contributed by atoms with Gasteiger partial charge in [0, 0.05) is 24.7 Å². The molecule has 1 amide bonds. The van der Waals surface area contributed by atoms with Crippen LogP contribution in [0.2, 0.25) is 0 Å². The minimum atomic E-state index is -0.223. The Morgan fingerprint density at radius 2 is 2.08 bits per heavy atom. The van der Waals surface area contributed by atoms with Gasteiger partial charge in [-0.3, -0.25) is 0 Å². The van der Waals surface area contributed by atoms with E-state index in [0.717, 1.165) is 18.4 Å². The third kappa shape index (κ3) is 4.36. The molecule has 0 radical (unpaired) electrons. The summed E-state index contributed by atoms with van der Waals surface area (Å²) < 4.78 is 10.4. The van der Waals surface area contributed by atoms with E-state index in [2.05, 4.69) is 15.5 Å². The molecule has 25 heavy (non-hydrogen) atoms. The number of hydrogen-bond donors (Lipinski definition) is 1. The fourth-order valence-corrected chi connectivity index (χ4v) is 2.98. The van der Waals surface area contributed by atoms with Gasteiger partial charge in [-0.15, -0.1) is 0 Å². The van der Waals surface area contributed by atoms with Crippen molar-refractivity contribution >= 4 is 6.09 Å². The van der Waals surface area contributed by atoms with Crippen LogP contribution in [0.3, 0.4) is 0 Å². The molecule has 0 bridgehead atoms. The highest BCUT2D eigenvalue weighted by Crippen LogP contribution is 2.20. The summed E-state index contributed by atoms with van der Waals surface area (Å²) in [6.45, 7) is 5.66. The van der Waals surface area contributed by atoms with Crippen molar-refractivity contribution in [3.8, 4) is 11.5 Å². The average Bonchev–Trinajstić information content (AvgIpc) is 3.13. The predicted octanol–water partition coefficient (Wildman–Crippen LogP) is 3.01. The first kappa shape index (κ1) is 17.4. The summed E-state index contributed by atoms with van der Waals surface area (Å²) in [5.74, 6) is 1.17. The normalized spacial score (nSPS) is 16.6. The van der Waals surface area contributed by atoms with E-state index in [0.29, 0.717) is 37.5 Å². The Labute approximate surface area is 147 Å². The number of amides is 1. The second-order valence-corrected chi connectivity index (χ2v) is 6.17. The fraction of sp³-hybridized carbons (Fsp3) is 0.500. The molecule has 7 nitrogen and oxygen atoms in total. The first-order chi connectivity index (χ1) is 12.2. The third-order valence-corrected chi connectivity index (χ3v) is 4.36. The Kier molecular flexibility index (Phi) is 5.65. The molecule has 7 heteroatoms. The zero-order valence-corrected chi connectivity index (χ0v) is 14.6. The molecule has 1 unspecified atom stereocenters. The van der Waals surface area contributed by atoms with Crippen molar-refractivity contribution in [2.75, 3.05) is 19.7 Å². The smallest absolute Gasteiger partial charge is 0.409 e. The summed E-state index contributed by atoms with van der Waals surface area (Å²) in [7, 11) is 0. The Balaban J connectivity index is 1.53. The zero-order valence-electron chi connectivity index (χ0n) is 14.6. The van der Waals surface area contributed by atoms with Crippen LogP contribution in [-0.4, -0.2) is 46.9 Å². The van der Waals surface area contributed by atoms with Crippen LogP contribution in [-0.2, 0) is 4.74 Å². The van der Waals surface area contributed by atoms with E-state index < -0.39 is 0 Å². The second kappa shape index (κ2) is 8.11. The Hall–Kier alpha value is -2.41. The van der Waals surface area contributed by atoms with Gasteiger partial charge >= 0.3 is 6.09 Å². The lowest BCUT2D eigenvalue weighted by Gasteiger charge is -2.32. The van der Waals surface area contributed by atoms with Crippen LogP contribution in [0.5, 0.6) is 0 Å². The van der Waals surface area contributed by atoms with Gasteiger partial charge < -0.3 is 19.5 Å². The number of likely N-dealkylation sites (tertiary alicyclic amines) is 1. The van der Waals surface area contributed by atoms with Crippen LogP contribution in [0.1, 0.15) is 38.6 Å². The number of carbonyl (C=O) groups excluding carboxylic acids is 1. The summed E-state index contributed by atoms with van der Waals surface area (Å²) in [6.07, 6.45) is 1.54. The Bertz CT molecular complexity index is 681. The van der Waals surface area contributed by atoms with Crippen molar-refractivity contribution in [2.45, 2.75) is 38.8 Å². The number of carbonyl (C=O) groups is 1. The molecule has 0 saturated carbocycles. The highest BCUT2D eigenvalue weighted by molar-refractivity contribution is 5.67. The van der Waals surface area contributed by atoms with Crippen molar-refractivity contribution in [3.63, 3.8) is 0 Å². The van der Waals surface area contributed by atoms with E-state index in [-0.39, 0.29) is 12.1 Å². The van der Waals surface area contributed by atoms with Gasteiger partial charge in [0.15, 0.2) is 5.82 Å². The van der Waals surface area contributed by atoms with E-state index in [1.54, 1.807) is 4.90 Å². The van der Waals surface area contributed by atoms with Crippen LogP contribution >= 0.6 is 0 Å². The average molecular weight is 344 g/mol. The quantitative estimate of drug-likeness (QED) is 0.898. The molecule has 1 aliphatic heterocycles. The van der Waals surface area contributed by atoms with E-state index in [1.807, 2.05) is 44.2 Å². The molecule has 1 atom stereocenters. The highest BCUT2D eigenvalue weighted by Gasteiger charge is 2.25. The second-order valence-electron chi connectivity index (χ2n) is 6.17. The molecule has 2 aromatic rings. The van der Waals surface area contributed by atoms with Crippen molar-refractivity contribution in [1.29, 1.82) is 0 Å².